The Morgan fingerprint density at radius 2 is 1.96 bits per heavy atom. The predicted octanol–water partition coefficient (Wildman–Crippen LogP) is 3.25. The molecule has 25 heavy (non-hydrogen) atoms. The molecule has 0 radical (unpaired) electrons. The fourth-order valence-corrected chi connectivity index (χ4v) is 3.57. The van der Waals surface area contributed by atoms with Gasteiger partial charge in [-0.15, -0.1) is 0 Å². The van der Waals surface area contributed by atoms with Crippen molar-refractivity contribution in [1.29, 1.82) is 0 Å². The standard InChI is InChI=1S/C21H23NO3/c23-21(18-10-12-24-14-18)22-20(15-5-2-1-3-6-15)17-8-9-19-16(13-17)7-4-11-25-19/h1-3,5-6,8-9,13,18,20H,4,7,10-12,14H2,(H,22,23). The van der Waals surface area contributed by atoms with Crippen LogP contribution in [-0.4, -0.2) is 25.7 Å². The highest BCUT2D eigenvalue weighted by molar-refractivity contribution is 5.80. The van der Waals surface area contributed by atoms with Gasteiger partial charge in [0, 0.05) is 6.61 Å². The molecule has 0 aromatic heterocycles. The van der Waals surface area contributed by atoms with Crippen molar-refractivity contribution in [3.05, 3.63) is 65.2 Å². The van der Waals surface area contributed by atoms with Gasteiger partial charge in [-0.1, -0.05) is 36.4 Å². The van der Waals surface area contributed by atoms with Crippen LogP contribution >= 0.6 is 0 Å². The highest BCUT2D eigenvalue weighted by atomic mass is 16.5. The Morgan fingerprint density at radius 1 is 1.08 bits per heavy atom. The van der Waals surface area contributed by atoms with Crippen LogP contribution in [0.3, 0.4) is 0 Å². The van der Waals surface area contributed by atoms with Gasteiger partial charge in [0.2, 0.25) is 5.91 Å². The van der Waals surface area contributed by atoms with Gasteiger partial charge in [-0.25, -0.2) is 0 Å². The normalized spacial score (nSPS) is 20.4. The summed E-state index contributed by atoms with van der Waals surface area (Å²) in [6.45, 7) is 1.97. The fraction of sp³-hybridized carbons (Fsp3) is 0.381. The quantitative estimate of drug-likeness (QED) is 0.932. The van der Waals surface area contributed by atoms with Gasteiger partial charge in [-0.2, -0.15) is 0 Å². The number of fused-ring (bicyclic) bond motifs is 1. The molecule has 2 heterocycles. The van der Waals surface area contributed by atoms with Crippen molar-refractivity contribution in [2.75, 3.05) is 19.8 Å². The van der Waals surface area contributed by atoms with E-state index in [1.165, 1.54) is 5.56 Å². The summed E-state index contributed by atoms with van der Waals surface area (Å²) in [6, 6.07) is 16.3. The lowest BCUT2D eigenvalue weighted by molar-refractivity contribution is -0.125. The van der Waals surface area contributed by atoms with Crippen molar-refractivity contribution >= 4 is 5.91 Å². The summed E-state index contributed by atoms with van der Waals surface area (Å²) in [5.41, 5.74) is 3.41. The van der Waals surface area contributed by atoms with Crippen LogP contribution in [0.25, 0.3) is 0 Å². The first-order valence-corrected chi connectivity index (χ1v) is 9.00. The van der Waals surface area contributed by atoms with Crippen LogP contribution in [0.4, 0.5) is 0 Å². The van der Waals surface area contributed by atoms with Crippen LogP contribution < -0.4 is 10.1 Å². The van der Waals surface area contributed by atoms with E-state index in [2.05, 4.69) is 29.6 Å². The first-order valence-electron chi connectivity index (χ1n) is 9.00. The van der Waals surface area contributed by atoms with Crippen LogP contribution in [0, 0.1) is 5.92 Å². The summed E-state index contributed by atoms with van der Waals surface area (Å²) in [5.74, 6) is 0.991. The van der Waals surface area contributed by atoms with Crippen molar-refractivity contribution < 1.29 is 14.3 Å². The lowest BCUT2D eigenvalue weighted by Crippen LogP contribution is -2.35. The van der Waals surface area contributed by atoms with Crippen molar-refractivity contribution in [2.45, 2.75) is 25.3 Å². The minimum Gasteiger partial charge on any atom is -0.493 e. The third-order valence-corrected chi connectivity index (χ3v) is 4.99. The molecule has 1 amide bonds. The predicted molar refractivity (Wildman–Crippen MR) is 95.6 cm³/mol. The average molecular weight is 337 g/mol. The van der Waals surface area contributed by atoms with Gasteiger partial charge in [0.15, 0.2) is 0 Å². The minimum atomic E-state index is -0.151. The molecule has 1 N–H and O–H groups in total. The summed E-state index contributed by atoms with van der Waals surface area (Å²) >= 11 is 0. The molecular weight excluding hydrogens is 314 g/mol. The summed E-state index contributed by atoms with van der Waals surface area (Å²) in [6.07, 6.45) is 2.86. The van der Waals surface area contributed by atoms with Crippen LogP contribution in [0.15, 0.2) is 48.5 Å². The molecule has 4 nitrogen and oxygen atoms in total. The number of benzene rings is 2. The molecule has 2 aliphatic heterocycles. The molecule has 2 atom stereocenters. The summed E-state index contributed by atoms with van der Waals surface area (Å²) in [4.78, 5) is 12.7. The number of amides is 1. The highest BCUT2D eigenvalue weighted by Gasteiger charge is 2.27. The van der Waals surface area contributed by atoms with E-state index in [1.807, 2.05) is 24.3 Å². The smallest absolute Gasteiger partial charge is 0.226 e. The second kappa shape index (κ2) is 7.28. The average Bonchev–Trinajstić information content (AvgIpc) is 3.21. The highest BCUT2D eigenvalue weighted by Crippen LogP contribution is 2.30. The SMILES string of the molecule is O=C(NC(c1ccccc1)c1ccc2c(c1)CCCO2)C1CCOC1. The Kier molecular flexibility index (Phi) is 4.70. The maximum Gasteiger partial charge on any atom is 0.226 e. The maximum absolute atomic E-state index is 12.7. The van der Waals surface area contributed by atoms with Crippen LogP contribution in [0.5, 0.6) is 5.75 Å². The number of hydrogen-bond acceptors (Lipinski definition) is 3. The number of aryl methyl sites for hydroxylation is 1. The summed E-state index contributed by atoms with van der Waals surface area (Å²) in [7, 11) is 0. The van der Waals surface area contributed by atoms with E-state index in [-0.39, 0.29) is 17.9 Å². The third-order valence-electron chi connectivity index (χ3n) is 4.99. The maximum atomic E-state index is 12.7. The van der Waals surface area contributed by atoms with E-state index in [0.29, 0.717) is 13.2 Å². The van der Waals surface area contributed by atoms with E-state index in [0.717, 1.165) is 42.7 Å². The lowest BCUT2D eigenvalue weighted by atomic mass is 9.94. The van der Waals surface area contributed by atoms with E-state index in [4.69, 9.17) is 9.47 Å². The van der Waals surface area contributed by atoms with Crippen molar-refractivity contribution in [3.63, 3.8) is 0 Å². The second-order valence-corrected chi connectivity index (χ2v) is 6.73. The second-order valence-electron chi connectivity index (χ2n) is 6.73. The van der Waals surface area contributed by atoms with Crippen LogP contribution in [0.2, 0.25) is 0 Å². The number of carbonyl (C=O) groups is 1. The van der Waals surface area contributed by atoms with Gasteiger partial charge in [0.25, 0.3) is 0 Å². The van der Waals surface area contributed by atoms with Gasteiger partial charge in [0.05, 0.1) is 25.2 Å². The molecule has 0 aliphatic carbocycles. The van der Waals surface area contributed by atoms with Crippen LogP contribution in [0.1, 0.15) is 35.6 Å². The Bertz CT molecular complexity index is 738. The van der Waals surface area contributed by atoms with E-state index in [1.54, 1.807) is 0 Å². The first kappa shape index (κ1) is 16.2. The number of nitrogens with one attached hydrogen (secondary N) is 1. The molecule has 4 heteroatoms. The molecule has 2 unspecified atom stereocenters. The number of hydrogen-bond donors (Lipinski definition) is 1. The first-order chi connectivity index (χ1) is 12.3. The van der Waals surface area contributed by atoms with E-state index in [9.17, 15) is 4.79 Å². The van der Waals surface area contributed by atoms with E-state index < -0.39 is 0 Å². The Labute approximate surface area is 148 Å². The minimum absolute atomic E-state index is 0.0489. The Hall–Kier alpha value is -2.33. The molecule has 4 rings (SSSR count). The fourth-order valence-electron chi connectivity index (χ4n) is 3.57. The molecule has 2 aromatic carbocycles. The van der Waals surface area contributed by atoms with Gasteiger partial charge in [0.1, 0.15) is 5.75 Å². The van der Waals surface area contributed by atoms with Gasteiger partial charge >= 0.3 is 0 Å². The van der Waals surface area contributed by atoms with E-state index >= 15 is 0 Å². The number of rotatable bonds is 4. The summed E-state index contributed by atoms with van der Waals surface area (Å²) in [5, 5.41) is 3.24. The largest absolute Gasteiger partial charge is 0.493 e. The molecular formula is C21H23NO3. The molecule has 130 valence electrons. The van der Waals surface area contributed by atoms with Gasteiger partial charge < -0.3 is 14.8 Å². The molecule has 1 fully saturated rings. The third kappa shape index (κ3) is 3.54. The molecule has 0 saturated carbocycles. The number of carbonyl (C=O) groups excluding carboxylic acids is 1. The zero-order chi connectivity index (χ0) is 17.1. The number of ether oxygens (including phenoxy) is 2. The van der Waals surface area contributed by atoms with Crippen LogP contribution in [-0.2, 0) is 16.0 Å². The van der Waals surface area contributed by atoms with Crippen molar-refractivity contribution in [3.8, 4) is 5.75 Å². The van der Waals surface area contributed by atoms with Crippen molar-refractivity contribution in [1.82, 2.24) is 5.32 Å². The molecule has 2 aromatic rings. The molecule has 0 bridgehead atoms. The summed E-state index contributed by atoms with van der Waals surface area (Å²) < 4.78 is 11.1. The lowest BCUT2D eigenvalue weighted by Gasteiger charge is -2.24. The monoisotopic (exact) mass is 337 g/mol. The molecule has 2 aliphatic rings. The topological polar surface area (TPSA) is 47.6 Å². The zero-order valence-electron chi connectivity index (χ0n) is 14.2. The molecule has 0 spiro atoms. The van der Waals surface area contributed by atoms with Gasteiger partial charge in [-0.3, -0.25) is 4.79 Å². The molecule has 1 saturated heterocycles. The zero-order valence-corrected chi connectivity index (χ0v) is 14.2. The van der Waals surface area contributed by atoms with Crippen molar-refractivity contribution in [2.24, 2.45) is 5.92 Å². The Balaban J connectivity index is 1.64. The Morgan fingerprint density at radius 3 is 2.76 bits per heavy atom. The van der Waals surface area contributed by atoms with Gasteiger partial charge in [-0.05, 0) is 48.1 Å².